The molecule has 2 fully saturated rings. The average Bonchev–Trinajstić information content (AvgIpc) is 2.80. The number of hydrogen-bond acceptors (Lipinski definition) is 5. The second-order valence-corrected chi connectivity index (χ2v) is 10.6. The normalized spacial score (nSPS) is 18.0. The number of hydrogen-bond donors (Lipinski definition) is 1. The summed E-state index contributed by atoms with van der Waals surface area (Å²) in [6, 6.07) is 14.7. The highest BCUT2D eigenvalue weighted by atomic mass is 32.2. The lowest BCUT2D eigenvalue weighted by molar-refractivity contribution is 0.102. The van der Waals surface area contributed by atoms with E-state index < -0.39 is 9.84 Å². The van der Waals surface area contributed by atoms with E-state index >= 15 is 0 Å². The third-order valence-corrected chi connectivity index (χ3v) is 8.34. The number of nitrogens with one attached hydrogen (secondary N) is 1. The van der Waals surface area contributed by atoms with Crippen molar-refractivity contribution in [2.45, 2.75) is 43.1 Å². The van der Waals surface area contributed by atoms with Gasteiger partial charge in [0.05, 0.1) is 29.8 Å². The van der Waals surface area contributed by atoms with Crippen LogP contribution in [-0.2, 0) is 20.3 Å². The molecule has 7 heteroatoms. The number of sulfone groups is 1. The molecule has 31 heavy (non-hydrogen) atoms. The van der Waals surface area contributed by atoms with Crippen LogP contribution in [0.4, 0.5) is 11.4 Å². The Bertz CT molecular complexity index is 1010. The lowest BCUT2D eigenvalue weighted by Gasteiger charge is -2.30. The topological polar surface area (TPSA) is 75.7 Å². The Labute approximate surface area is 184 Å². The largest absolute Gasteiger partial charge is 0.378 e. The van der Waals surface area contributed by atoms with E-state index in [0.717, 1.165) is 50.9 Å². The first-order valence-corrected chi connectivity index (χ1v) is 12.8. The van der Waals surface area contributed by atoms with E-state index in [4.69, 9.17) is 4.74 Å². The number of carbonyl (C=O) groups excluding carboxylic acids is 1. The zero-order valence-corrected chi connectivity index (χ0v) is 18.6. The lowest BCUT2D eigenvalue weighted by Crippen LogP contribution is -2.37. The van der Waals surface area contributed by atoms with Crippen molar-refractivity contribution < 1.29 is 17.9 Å². The van der Waals surface area contributed by atoms with Gasteiger partial charge in [-0.05, 0) is 42.7 Å². The van der Waals surface area contributed by atoms with E-state index in [1.54, 1.807) is 18.2 Å². The molecule has 4 rings (SSSR count). The molecule has 1 saturated heterocycles. The maximum Gasteiger partial charge on any atom is 0.257 e. The SMILES string of the molecule is O=C(Nc1cccc(CS(=O)(=O)C2CCCCC2)c1)c1ccccc1N1CCOCC1. The third kappa shape index (κ3) is 5.46. The van der Waals surface area contributed by atoms with Crippen molar-refractivity contribution in [3.63, 3.8) is 0 Å². The number of para-hydroxylation sites is 1. The van der Waals surface area contributed by atoms with Crippen molar-refractivity contribution in [3.8, 4) is 0 Å². The highest BCUT2D eigenvalue weighted by Crippen LogP contribution is 2.27. The van der Waals surface area contributed by atoms with E-state index in [1.165, 1.54) is 0 Å². The number of anilines is 2. The average molecular weight is 443 g/mol. The Kier molecular flexibility index (Phi) is 6.92. The fourth-order valence-corrected chi connectivity index (χ4v) is 6.39. The Morgan fingerprint density at radius 1 is 1.00 bits per heavy atom. The van der Waals surface area contributed by atoms with Crippen LogP contribution in [0.3, 0.4) is 0 Å². The first-order valence-electron chi connectivity index (χ1n) is 11.1. The summed E-state index contributed by atoms with van der Waals surface area (Å²) >= 11 is 0. The highest BCUT2D eigenvalue weighted by molar-refractivity contribution is 7.91. The fraction of sp³-hybridized carbons (Fsp3) is 0.458. The van der Waals surface area contributed by atoms with E-state index in [1.807, 2.05) is 30.3 Å². The number of amides is 1. The van der Waals surface area contributed by atoms with Crippen LogP contribution in [0.15, 0.2) is 48.5 Å². The van der Waals surface area contributed by atoms with Crippen LogP contribution < -0.4 is 10.2 Å². The molecular weight excluding hydrogens is 412 g/mol. The van der Waals surface area contributed by atoms with Crippen LogP contribution in [0.25, 0.3) is 0 Å². The quantitative estimate of drug-likeness (QED) is 0.731. The number of carbonyl (C=O) groups is 1. The minimum Gasteiger partial charge on any atom is -0.378 e. The van der Waals surface area contributed by atoms with Crippen molar-refractivity contribution in [2.24, 2.45) is 0 Å². The Hall–Kier alpha value is -2.38. The summed E-state index contributed by atoms with van der Waals surface area (Å²) in [5, 5.41) is 2.72. The summed E-state index contributed by atoms with van der Waals surface area (Å²) in [5.41, 5.74) is 2.81. The van der Waals surface area contributed by atoms with Gasteiger partial charge in [0.2, 0.25) is 0 Å². The van der Waals surface area contributed by atoms with E-state index in [-0.39, 0.29) is 16.9 Å². The van der Waals surface area contributed by atoms with E-state index in [0.29, 0.717) is 30.0 Å². The van der Waals surface area contributed by atoms with Crippen LogP contribution in [0.1, 0.15) is 48.0 Å². The summed E-state index contributed by atoms with van der Waals surface area (Å²) in [7, 11) is -3.19. The zero-order chi connectivity index (χ0) is 21.7. The van der Waals surface area contributed by atoms with Crippen molar-refractivity contribution in [1.29, 1.82) is 0 Å². The molecule has 1 amide bonds. The molecule has 1 aliphatic heterocycles. The van der Waals surface area contributed by atoms with Crippen molar-refractivity contribution >= 4 is 27.1 Å². The van der Waals surface area contributed by atoms with Gasteiger partial charge in [-0.3, -0.25) is 4.79 Å². The Balaban J connectivity index is 1.47. The van der Waals surface area contributed by atoms with Gasteiger partial charge in [-0.25, -0.2) is 8.42 Å². The standard InChI is InChI=1S/C24H30N2O4S/c27-24(22-11-4-5-12-23(22)26-13-15-30-16-14-26)25-20-8-6-7-19(17-20)18-31(28,29)21-9-2-1-3-10-21/h4-8,11-12,17,21H,1-3,9-10,13-16,18H2,(H,25,27). The number of ether oxygens (including phenoxy) is 1. The summed E-state index contributed by atoms with van der Waals surface area (Å²) < 4.78 is 31.1. The second kappa shape index (κ2) is 9.83. The first-order chi connectivity index (χ1) is 15.0. The summed E-state index contributed by atoms with van der Waals surface area (Å²) in [4.78, 5) is 15.2. The summed E-state index contributed by atoms with van der Waals surface area (Å²) in [6.45, 7) is 2.79. The molecule has 2 aromatic carbocycles. The smallest absolute Gasteiger partial charge is 0.257 e. The monoisotopic (exact) mass is 442 g/mol. The molecule has 166 valence electrons. The van der Waals surface area contributed by atoms with Crippen molar-refractivity contribution in [2.75, 3.05) is 36.5 Å². The van der Waals surface area contributed by atoms with Crippen LogP contribution in [0, 0.1) is 0 Å². The number of rotatable bonds is 6. The molecule has 6 nitrogen and oxygen atoms in total. The molecular formula is C24H30N2O4S. The van der Waals surface area contributed by atoms with Crippen LogP contribution >= 0.6 is 0 Å². The fourth-order valence-electron chi connectivity index (χ4n) is 4.46. The summed E-state index contributed by atoms with van der Waals surface area (Å²) in [5.74, 6) is -0.180. The Morgan fingerprint density at radius 2 is 1.74 bits per heavy atom. The van der Waals surface area contributed by atoms with Gasteiger partial charge in [0.1, 0.15) is 0 Å². The predicted octanol–water partition coefficient (Wildman–Crippen LogP) is 4.02. The van der Waals surface area contributed by atoms with Crippen LogP contribution in [-0.4, -0.2) is 45.9 Å². The lowest BCUT2D eigenvalue weighted by atomic mass is 10.0. The number of morpholine rings is 1. The van der Waals surface area contributed by atoms with Gasteiger partial charge in [0.15, 0.2) is 9.84 Å². The molecule has 1 heterocycles. The van der Waals surface area contributed by atoms with Gasteiger partial charge >= 0.3 is 0 Å². The molecule has 0 unspecified atom stereocenters. The predicted molar refractivity (Wildman–Crippen MR) is 123 cm³/mol. The van der Waals surface area contributed by atoms with Gasteiger partial charge in [-0.1, -0.05) is 43.5 Å². The summed E-state index contributed by atoms with van der Waals surface area (Å²) in [6.07, 6.45) is 4.62. The highest BCUT2D eigenvalue weighted by Gasteiger charge is 2.27. The van der Waals surface area contributed by atoms with Gasteiger partial charge in [0, 0.05) is 24.5 Å². The zero-order valence-electron chi connectivity index (χ0n) is 17.8. The molecule has 0 radical (unpaired) electrons. The molecule has 2 aromatic rings. The number of benzene rings is 2. The molecule has 1 aliphatic carbocycles. The minimum atomic E-state index is -3.19. The van der Waals surface area contributed by atoms with Gasteiger partial charge in [-0.15, -0.1) is 0 Å². The molecule has 1 saturated carbocycles. The van der Waals surface area contributed by atoms with Crippen LogP contribution in [0.2, 0.25) is 0 Å². The van der Waals surface area contributed by atoms with Gasteiger partial charge in [-0.2, -0.15) is 0 Å². The molecule has 0 atom stereocenters. The molecule has 2 aliphatic rings. The van der Waals surface area contributed by atoms with Gasteiger partial charge < -0.3 is 15.0 Å². The van der Waals surface area contributed by atoms with Crippen LogP contribution in [0.5, 0.6) is 0 Å². The molecule has 0 aromatic heterocycles. The van der Waals surface area contributed by atoms with Crippen molar-refractivity contribution in [1.82, 2.24) is 0 Å². The molecule has 0 spiro atoms. The third-order valence-electron chi connectivity index (χ3n) is 6.11. The minimum absolute atomic E-state index is 0.0196. The Morgan fingerprint density at radius 3 is 2.52 bits per heavy atom. The first kappa shape index (κ1) is 21.8. The second-order valence-electron chi connectivity index (χ2n) is 8.34. The molecule has 1 N–H and O–H groups in total. The maximum atomic E-state index is 13.0. The molecule has 0 bridgehead atoms. The van der Waals surface area contributed by atoms with Gasteiger partial charge in [0.25, 0.3) is 5.91 Å². The number of nitrogens with zero attached hydrogens (tertiary/aromatic N) is 1. The maximum absolute atomic E-state index is 13.0. The van der Waals surface area contributed by atoms with E-state index in [2.05, 4.69) is 10.2 Å². The van der Waals surface area contributed by atoms with Crippen molar-refractivity contribution in [3.05, 3.63) is 59.7 Å². The van der Waals surface area contributed by atoms with E-state index in [9.17, 15) is 13.2 Å².